The fraction of sp³-hybridized carbons (Fsp3) is 0.444. The topological polar surface area (TPSA) is 70.2 Å². The molecule has 1 amide bonds. The van der Waals surface area contributed by atoms with Crippen molar-refractivity contribution in [2.45, 2.75) is 12.8 Å². The first-order valence-corrected chi connectivity index (χ1v) is 8.33. The highest BCUT2D eigenvalue weighted by molar-refractivity contribution is 5.93. The summed E-state index contributed by atoms with van der Waals surface area (Å²) in [5.41, 5.74) is 2.04. The number of ether oxygens (including phenoxy) is 1. The first kappa shape index (κ1) is 16.5. The number of amides is 1. The Labute approximate surface area is 142 Å². The molecule has 0 bridgehead atoms. The number of hydrogen-bond donors (Lipinski definition) is 2. The van der Waals surface area contributed by atoms with Gasteiger partial charge in [-0.1, -0.05) is 12.1 Å². The number of benzene rings is 1. The van der Waals surface area contributed by atoms with E-state index in [9.17, 15) is 4.79 Å². The minimum Gasteiger partial charge on any atom is -0.496 e. The molecule has 0 aliphatic carbocycles. The number of piperidine rings is 1. The van der Waals surface area contributed by atoms with Crippen molar-refractivity contribution in [1.29, 1.82) is 0 Å². The molecule has 2 heterocycles. The van der Waals surface area contributed by atoms with Gasteiger partial charge in [0.25, 0.3) is 5.91 Å². The molecular weight excluding hydrogens is 304 g/mol. The Bertz CT molecular complexity index is 698. The van der Waals surface area contributed by atoms with Gasteiger partial charge in [0.05, 0.1) is 12.8 Å². The SMILES string of the molecule is COc1ccccc1-c1cc(C(=O)NCC2CCCN(C)C2)[nH]n1. The molecule has 1 saturated heterocycles. The molecule has 24 heavy (non-hydrogen) atoms. The van der Waals surface area contributed by atoms with Crippen molar-refractivity contribution < 1.29 is 9.53 Å². The highest BCUT2D eigenvalue weighted by atomic mass is 16.5. The normalized spacial score (nSPS) is 18.3. The number of likely N-dealkylation sites (tertiary alicyclic amines) is 1. The third-order valence-electron chi connectivity index (χ3n) is 4.48. The largest absolute Gasteiger partial charge is 0.496 e. The maximum absolute atomic E-state index is 12.3. The molecule has 0 saturated carbocycles. The van der Waals surface area contributed by atoms with Gasteiger partial charge in [-0.2, -0.15) is 5.10 Å². The number of rotatable bonds is 5. The van der Waals surface area contributed by atoms with Crippen LogP contribution in [-0.2, 0) is 0 Å². The van der Waals surface area contributed by atoms with Gasteiger partial charge in [0, 0.05) is 18.7 Å². The number of aromatic amines is 1. The van der Waals surface area contributed by atoms with Crippen LogP contribution in [0.1, 0.15) is 23.3 Å². The fourth-order valence-corrected chi connectivity index (χ4v) is 3.20. The molecule has 2 N–H and O–H groups in total. The molecule has 1 aromatic heterocycles. The van der Waals surface area contributed by atoms with Gasteiger partial charge in [0.15, 0.2) is 0 Å². The molecular formula is C18H24N4O2. The van der Waals surface area contributed by atoms with Gasteiger partial charge < -0.3 is 15.0 Å². The highest BCUT2D eigenvalue weighted by Crippen LogP contribution is 2.28. The summed E-state index contributed by atoms with van der Waals surface area (Å²) >= 11 is 0. The lowest BCUT2D eigenvalue weighted by atomic mass is 9.98. The summed E-state index contributed by atoms with van der Waals surface area (Å²) in [6.45, 7) is 2.88. The summed E-state index contributed by atoms with van der Waals surface area (Å²) in [6, 6.07) is 9.40. The predicted octanol–water partition coefficient (Wildman–Crippen LogP) is 2.16. The van der Waals surface area contributed by atoms with Crippen LogP contribution in [0.25, 0.3) is 11.3 Å². The number of hydrogen-bond acceptors (Lipinski definition) is 4. The van der Waals surface area contributed by atoms with E-state index in [0.717, 1.165) is 24.4 Å². The third-order valence-corrected chi connectivity index (χ3v) is 4.48. The molecule has 1 aliphatic rings. The molecule has 0 spiro atoms. The van der Waals surface area contributed by atoms with Crippen LogP contribution < -0.4 is 10.1 Å². The number of carbonyl (C=O) groups is 1. The highest BCUT2D eigenvalue weighted by Gasteiger charge is 2.19. The summed E-state index contributed by atoms with van der Waals surface area (Å²) in [6.07, 6.45) is 2.36. The quantitative estimate of drug-likeness (QED) is 0.882. The Morgan fingerprint density at radius 3 is 3.08 bits per heavy atom. The van der Waals surface area contributed by atoms with Crippen molar-refractivity contribution in [3.63, 3.8) is 0 Å². The zero-order valence-corrected chi connectivity index (χ0v) is 14.2. The van der Waals surface area contributed by atoms with Crippen molar-refractivity contribution in [3.8, 4) is 17.0 Å². The smallest absolute Gasteiger partial charge is 0.269 e. The first-order chi connectivity index (χ1) is 11.7. The standard InChI is InChI=1S/C18H24N4O2/c1-22-9-5-6-13(12-22)11-19-18(23)16-10-15(20-21-16)14-7-3-4-8-17(14)24-2/h3-4,7-8,10,13H,5-6,9,11-12H2,1-2H3,(H,19,23)(H,20,21). The molecule has 2 aromatic rings. The van der Waals surface area contributed by atoms with Gasteiger partial charge in [0.2, 0.25) is 0 Å². The van der Waals surface area contributed by atoms with Crippen LogP contribution in [0.3, 0.4) is 0 Å². The van der Waals surface area contributed by atoms with E-state index in [4.69, 9.17) is 4.74 Å². The van der Waals surface area contributed by atoms with E-state index in [1.54, 1.807) is 13.2 Å². The van der Waals surface area contributed by atoms with Gasteiger partial charge in [-0.05, 0) is 50.6 Å². The van der Waals surface area contributed by atoms with Gasteiger partial charge in [-0.25, -0.2) is 0 Å². The van der Waals surface area contributed by atoms with Crippen molar-refractivity contribution >= 4 is 5.91 Å². The third kappa shape index (κ3) is 3.76. The van der Waals surface area contributed by atoms with Crippen LogP contribution in [0, 0.1) is 5.92 Å². The lowest BCUT2D eigenvalue weighted by Gasteiger charge is -2.29. The average molecular weight is 328 g/mol. The van der Waals surface area contributed by atoms with Crippen LogP contribution in [0.4, 0.5) is 0 Å². The van der Waals surface area contributed by atoms with E-state index in [0.29, 0.717) is 23.9 Å². The summed E-state index contributed by atoms with van der Waals surface area (Å²) in [5, 5.41) is 10.1. The zero-order chi connectivity index (χ0) is 16.9. The molecule has 1 atom stereocenters. The molecule has 0 radical (unpaired) electrons. The number of nitrogens with one attached hydrogen (secondary N) is 2. The van der Waals surface area contributed by atoms with E-state index in [1.165, 1.54) is 12.8 Å². The van der Waals surface area contributed by atoms with Crippen LogP contribution >= 0.6 is 0 Å². The van der Waals surface area contributed by atoms with Crippen molar-refractivity contribution in [1.82, 2.24) is 20.4 Å². The number of nitrogens with zero attached hydrogens (tertiary/aromatic N) is 2. The lowest BCUT2D eigenvalue weighted by molar-refractivity contribution is 0.0932. The Morgan fingerprint density at radius 2 is 2.29 bits per heavy atom. The van der Waals surface area contributed by atoms with Gasteiger partial charge >= 0.3 is 0 Å². The minimum atomic E-state index is -0.114. The van der Waals surface area contributed by atoms with E-state index >= 15 is 0 Å². The maximum Gasteiger partial charge on any atom is 0.269 e. The molecule has 6 nitrogen and oxygen atoms in total. The summed E-state index contributed by atoms with van der Waals surface area (Å²) < 4.78 is 5.35. The molecule has 1 aromatic carbocycles. The number of methoxy groups -OCH3 is 1. The molecule has 1 fully saturated rings. The Morgan fingerprint density at radius 1 is 1.46 bits per heavy atom. The van der Waals surface area contributed by atoms with Crippen LogP contribution in [0.2, 0.25) is 0 Å². The second-order valence-electron chi connectivity index (χ2n) is 6.35. The van der Waals surface area contributed by atoms with E-state index in [1.807, 2.05) is 24.3 Å². The Balaban J connectivity index is 1.63. The number of carbonyl (C=O) groups excluding carboxylic acids is 1. The van der Waals surface area contributed by atoms with Crippen LogP contribution in [0.15, 0.2) is 30.3 Å². The van der Waals surface area contributed by atoms with Crippen molar-refractivity contribution in [2.75, 3.05) is 33.8 Å². The summed E-state index contributed by atoms with van der Waals surface area (Å²) in [7, 11) is 3.75. The second-order valence-corrected chi connectivity index (χ2v) is 6.35. The van der Waals surface area contributed by atoms with E-state index in [2.05, 4.69) is 27.5 Å². The minimum absolute atomic E-state index is 0.114. The van der Waals surface area contributed by atoms with E-state index in [-0.39, 0.29) is 5.91 Å². The number of H-pyrrole nitrogens is 1. The summed E-state index contributed by atoms with van der Waals surface area (Å²) in [5.74, 6) is 1.14. The first-order valence-electron chi connectivity index (χ1n) is 8.33. The summed E-state index contributed by atoms with van der Waals surface area (Å²) in [4.78, 5) is 14.7. The second kappa shape index (κ2) is 7.49. The van der Waals surface area contributed by atoms with Crippen LogP contribution in [-0.4, -0.2) is 54.8 Å². The van der Waals surface area contributed by atoms with Crippen LogP contribution in [0.5, 0.6) is 5.75 Å². The average Bonchev–Trinajstić information content (AvgIpc) is 3.09. The zero-order valence-electron chi connectivity index (χ0n) is 14.2. The molecule has 128 valence electrons. The molecule has 3 rings (SSSR count). The Hall–Kier alpha value is -2.34. The predicted molar refractivity (Wildman–Crippen MR) is 93.1 cm³/mol. The van der Waals surface area contributed by atoms with Crippen molar-refractivity contribution in [2.24, 2.45) is 5.92 Å². The monoisotopic (exact) mass is 328 g/mol. The van der Waals surface area contributed by atoms with E-state index < -0.39 is 0 Å². The lowest BCUT2D eigenvalue weighted by Crippen LogP contribution is -2.39. The number of para-hydroxylation sites is 1. The molecule has 1 unspecified atom stereocenters. The number of aromatic nitrogens is 2. The molecule has 6 heteroatoms. The maximum atomic E-state index is 12.3. The van der Waals surface area contributed by atoms with Gasteiger partial charge in [-0.15, -0.1) is 0 Å². The molecule has 1 aliphatic heterocycles. The Kier molecular flexibility index (Phi) is 5.15. The van der Waals surface area contributed by atoms with Gasteiger partial charge in [-0.3, -0.25) is 9.89 Å². The van der Waals surface area contributed by atoms with Crippen molar-refractivity contribution in [3.05, 3.63) is 36.0 Å². The fourth-order valence-electron chi connectivity index (χ4n) is 3.20. The van der Waals surface area contributed by atoms with Gasteiger partial charge in [0.1, 0.15) is 11.4 Å².